The Kier molecular flexibility index (Phi) is 2.34. The highest BCUT2D eigenvalue weighted by atomic mass is 32.1. The smallest absolute Gasteiger partial charge is 0.0871 e. The molecule has 0 radical (unpaired) electrons. The van der Waals surface area contributed by atoms with E-state index in [0.717, 1.165) is 13.0 Å². The van der Waals surface area contributed by atoms with E-state index in [2.05, 4.69) is 29.3 Å². The molecule has 0 aliphatic carbocycles. The first-order valence-electron chi connectivity index (χ1n) is 4.50. The van der Waals surface area contributed by atoms with E-state index >= 15 is 0 Å². The number of fused-ring (bicyclic) bond motifs is 1. The first-order chi connectivity index (χ1) is 6.33. The highest BCUT2D eigenvalue weighted by molar-refractivity contribution is 7.10. The molecule has 1 aromatic heterocycles. The maximum atomic E-state index is 8.65. The number of nitrogens with zero attached hydrogens (tertiary/aromatic N) is 2. The third kappa shape index (κ3) is 1.48. The van der Waals surface area contributed by atoms with Crippen LogP contribution in [-0.2, 0) is 6.42 Å². The summed E-state index contributed by atoms with van der Waals surface area (Å²) in [5.41, 5.74) is 1.42. The van der Waals surface area contributed by atoms with Crippen LogP contribution in [0.1, 0.15) is 23.4 Å². The molecule has 0 bridgehead atoms. The Labute approximate surface area is 82.4 Å². The normalized spacial score (nSPS) is 22.3. The molecule has 0 saturated heterocycles. The molecule has 0 aromatic carbocycles. The van der Waals surface area contributed by atoms with Crippen LogP contribution in [0.25, 0.3) is 0 Å². The molecule has 0 saturated carbocycles. The topological polar surface area (TPSA) is 27.0 Å². The average Bonchev–Trinajstić information content (AvgIpc) is 2.58. The molecule has 68 valence electrons. The Morgan fingerprint density at radius 3 is 3.38 bits per heavy atom. The highest BCUT2D eigenvalue weighted by Gasteiger charge is 2.23. The molecular weight excluding hydrogens is 180 g/mol. The van der Waals surface area contributed by atoms with E-state index in [1.807, 2.05) is 11.3 Å². The zero-order chi connectivity index (χ0) is 9.26. The number of rotatable bonds is 1. The molecule has 0 fully saturated rings. The lowest BCUT2D eigenvalue weighted by molar-refractivity contribution is 0.226. The predicted octanol–water partition coefficient (Wildman–Crippen LogP) is 2.19. The van der Waals surface area contributed by atoms with Crippen LogP contribution in [0, 0.1) is 11.3 Å². The van der Waals surface area contributed by atoms with Crippen molar-refractivity contribution in [3.8, 4) is 6.07 Å². The molecule has 0 amide bonds. The van der Waals surface area contributed by atoms with Crippen molar-refractivity contribution in [1.82, 2.24) is 4.90 Å². The van der Waals surface area contributed by atoms with E-state index < -0.39 is 0 Å². The number of hydrogen-bond donors (Lipinski definition) is 0. The molecule has 2 rings (SSSR count). The van der Waals surface area contributed by atoms with Gasteiger partial charge in [-0.25, -0.2) is 0 Å². The molecule has 1 aliphatic heterocycles. The Bertz CT molecular complexity index is 337. The highest BCUT2D eigenvalue weighted by Crippen LogP contribution is 2.32. The zero-order valence-corrected chi connectivity index (χ0v) is 8.47. The quantitative estimate of drug-likeness (QED) is 0.638. The summed E-state index contributed by atoms with van der Waals surface area (Å²) < 4.78 is 0. The van der Waals surface area contributed by atoms with Gasteiger partial charge in [0.15, 0.2) is 0 Å². The van der Waals surface area contributed by atoms with Crippen LogP contribution in [-0.4, -0.2) is 18.0 Å². The van der Waals surface area contributed by atoms with E-state index in [9.17, 15) is 0 Å². The lowest BCUT2D eigenvalue weighted by atomic mass is 10.0. The van der Waals surface area contributed by atoms with E-state index in [0.29, 0.717) is 12.6 Å². The molecule has 13 heavy (non-hydrogen) atoms. The summed E-state index contributed by atoms with van der Waals surface area (Å²) in [6.07, 6.45) is 1.11. The molecule has 1 unspecified atom stereocenters. The zero-order valence-electron chi connectivity index (χ0n) is 7.66. The summed E-state index contributed by atoms with van der Waals surface area (Å²) in [6, 6.07) is 4.83. The first-order valence-corrected chi connectivity index (χ1v) is 5.38. The lowest BCUT2D eigenvalue weighted by Crippen LogP contribution is -2.33. The fourth-order valence-electron chi connectivity index (χ4n) is 1.87. The standard InChI is InChI=1S/C10H12N2S/c1-8-9-3-7-13-10(9)2-5-12(8)6-4-11/h3,7-8H,2,5-6H2,1H3. The van der Waals surface area contributed by atoms with Crippen LogP contribution in [0.2, 0.25) is 0 Å². The van der Waals surface area contributed by atoms with Gasteiger partial charge in [-0.05, 0) is 30.4 Å². The molecule has 1 aromatic rings. The largest absolute Gasteiger partial charge is 0.283 e. The summed E-state index contributed by atoms with van der Waals surface area (Å²) in [4.78, 5) is 3.73. The third-order valence-corrected chi connectivity index (χ3v) is 3.67. The summed E-state index contributed by atoms with van der Waals surface area (Å²) in [5, 5.41) is 10.8. The predicted molar refractivity (Wildman–Crippen MR) is 53.6 cm³/mol. The van der Waals surface area contributed by atoms with Crippen molar-refractivity contribution in [2.45, 2.75) is 19.4 Å². The van der Waals surface area contributed by atoms with Gasteiger partial charge in [0.2, 0.25) is 0 Å². The molecule has 0 N–H and O–H groups in total. The number of nitriles is 1. The Hall–Kier alpha value is -0.850. The van der Waals surface area contributed by atoms with Gasteiger partial charge in [0.25, 0.3) is 0 Å². The van der Waals surface area contributed by atoms with Gasteiger partial charge in [0.1, 0.15) is 0 Å². The van der Waals surface area contributed by atoms with Crippen LogP contribution in [0.3, 0.4) is 0 Å². The van der Waals surface area contributed by atoms with E-state index in [-0.39, 0.29) is 0 Å². The first kappa shape index (κ1) is 8.74. The average molecular weight is 192 g/mol. The summed E-state index contributed by atoms with van der Waals surface area (Å²) >= 11 is 1.84. The van der Waals surface area contributed by atoms with Crippen LogP contribution >= 0.6 is 11.3 Å². The fraction of sp³-hybridized carbons (Fsp3) is 0.500. The monoisotopic (exact) mass is 192 g/mol. The number of thiophene rings is 1. The summed E-state index contributed by atoms with van der Waals surface area (Å²) in [5.74, 6) is 0. The Balaban J connectivity index is 2.23. The van der Waals surface area contributed by atoms with Gasteiger partial charge in [-0.2, -0.15) is 5.26 Å². The van der Waals surface area contributed by atoms with Gasteiger partial charge in [0, 0.05) is 17.5 Å². The van der Waals surface area contributed by atoms with Gasteiger partial charge in [-0.15, -0.1) is 11.3 Å². The van der Waals surface area contributed by atoms with Gasteiger partial charge < -0.3 is 0 Å². The van der Waals surface area contributed by atoms with Crippen molar-refractivity contribution < 1.29 is 0 Å². The molecule has 3 heteroatoms. The van der Waals surface area contributed by atoms with Crippen molar-refractivity contribution in [3.05, 3.63) is 21.9 Å². The minimum absolute atomic E-state index is 0.426. The van der Waals surface area contributed by atoms with E-state index in [1.54, 1.807) is 0 Å². The van der Waals surface area contributed by atoms with Crippen molar-refractivity contribution in [3.63, 3.8) is 0 Å². The minimum Gasteiger partial charge on any atom is -0.283 e. The molecule has 0 spiro atoms. The van der Waals surface area contributed by atoms with Crippen LogP contribution in [0.5, 0.6) is 0 Å². The van der Waals surface area contributed by atoms with Gasteiger partial charge in [-0.1, -0.05) is 0 Å². The lowest BCUT2D eigenvalue weighted by Gasteiger charge is -2.31. The van der Waals surface area contributed by atoms with Crippen molar-refractivity contribution in [2.75, 3.05) is 13.1 Å². The molecule has 1 aliphatic rings. The summed E-state index contributed by atoms with van der Waals surface area (Å²) in [7, 11) is 0. The summed E-state index contributed by atoms with van der Waals surface area (Å²) in [6.45, 7) is 3.76. The van der Waals surface area contributed by atoms with Crippen LogP contribution in [0.15, 0.2) is 11.4 Å². The van der Waals surface area contributed by atoms with Crippen molar-refractivity contribution in [2.24, 2.45) is 0 Å². The van der Waals surface area contributed by atoms with Crippen LogP contribution in [0.4, 0.5) is 0 Å². The maximum Gasteiger partial charge on any atom is 0.0871 e. The second kappa shape index (κ2) is 3.49. The van der Waals surface area contributed by atoms with Crippen molar-refractivity contribution >= 4 is 11.3 Å². The second-order valence-electron chi connectivity index (χ2n) is 3.35. The van der Waals surface area contributed by atoms with E-state index in [4.69, 9.17) is 5.26 Å². The van der Waals surface area contributed by atoms with Gasteiger partial charge >= 0.3 is 0 Å². The molecule has 1 atom stereocenters. The van der Waals surface area contributed by atoms with Crippen molar-refractivity contribution in [1.29, 1.82) is 5.26 Å². The Morgan fingerprint density at radius 2 is 2.62 bits per heavy atom. The van der Waals surface area contributed by atoms with E-state index in [1.165, 1.54) is 10.4 Å². The molecule has 2 heterocycles. The Morgan fingerprint density at radius 1 is 1.77 bits per heavy atom. The second-order valence-corrected chi connectivity index (χ2v) is 4.35. The molecule has 2 nitrogen and oxygen atoms in total. The minimum atomic E-state index is 0.426. The van der Waals surface area contributed by atoms with Gasteiger partial charge in [-0.3, -0.25) is 4.90 Å². The SMILES string of the molecule is CC1c2ccsc2CCN1CC#N. The third-order valence-electron chi connectivity index (χ3n) is 2.68. The number of hydrogen-bond acceptors (Lipinski definition) is 3. The molecular formula is C10H12N2S. The maximum absolute atomic E-state index is 8.65. The van der Waals surface area contributed by atoms with Crippen LogP contribution < -0.4 is 0 Å². The fourth-order valence-corrected chi connectivity index (χ4v) is 2.83. The van der Waals surface area contributed by atoms with Gasteiger partial charge in [0.05, 0.1) is 12.6 Å².